The summed E-state index contributed by atoms with van der Waals surface area (Å²) in [5, 5.41) is 0. The summed E-state index contributed by atoms with van der Waals surface area (Å²) in [6.07, 6.45) is 0. The average Bonchev–Trinajstić information content (AvgIpc) is 0. The van der Waals surface area contributed by atoms with E-state index in [0.717, 1.165) is 0 Å². The maximum absolute atomic E-state index is 0. The summed E-state index contributed by atoms with van der Waals surface area (Å²) in [5.41, 5.74) is 0. The van der Waals surface area contributed by atoms with Gasteiger partial charge in [0.25, 0.3) is 0 Å². The van der Waals surface area contributed by atoms with E-state index in [1.54, 1.807) is 0 Å². The molecular weight excluding hydrogens is 196 g/mol. The zero-order chi connectivity index (χ0) is 0. The standard InChI is InChI=1S/BrH.Fe.H3N.2Na.2H/h1H;;1H3;;;;/q;;;2*+1;2*-1. The molecule has 0 aliphatic heterocycles. The molecule has 3 N–H and O–H groups in total. The van der Waals surface area contributed by atoms with Gasteiger partial charge in [0.2, 0.25) is 0 Å². The van der Waals surface area contributed by atoms with Crippen LogP contribution in [0.15, 0.2) is 0 Å². The molecule has 28 valence electrons. The Hall–Kier alpha value is 2.96. The first-order valence-corrected chi connectivity index (χ1v) is 0. The van der Waals surface area contributed by atoms with Crippen molar-refractivity contribution in [2.75, 3.05) is 0 Å². The van der Waals surface area contributed by atoms with Crippen molar-refractivity contribution < 1.29 is 79.0 Å². The van der Waals surface area contributed by atoms with Crippen LogP contribution in [0.5, 0.6) is 0 Å². The Morgan fingerprint density at radius 3 is 1.00 bits per heavy atom. The number of rotatable bonds is 0. The molecule has 0 saturated heterocycles. The summed E-state index contributed by atoms with van der Waals surface area (Å²) in [6.45, 7) is 0. The molecule has 5 heavy (non-hydrogen) atoms. The molecule has 0 aliphatic carbocycles. The fraction of sp³-hybridized carbons (Fsp3) is 0. The predicted molar refractivity (Wildman–Crippen MR) is 17.6 cm³/mol. The second kappa shape index (κ2) is 28.2. The van der Waals surface area contributed by atoms with E-state index in [9.17, 15) is 0 Å². The molecule has 0 bridgehead atoms. The van der Waals surface area contributed by atoms with E-state index in [0.29, 0.717) is 0 Å². The molecule has 0 radical (unpaired) electrons. The number of hydrogen-bond acceptors (Lipinski definition) is 1. The van der Waals surface area contributed by atoms with Gasteiger partial charge in [0.05, 0.1) is 0 Å². The van der Waals surface area contributed by atoms with Crippen LogP contribution in [0.4, 0.5) is 0 Å². The Labute approximate surface area is 100 Å². The summed E-state index contributed by atoms with van der Waals surface area (Å²) >= 11 is 0. The summed E-state index contributed by atoms with van der Waals surface area (Å²) in [6, 6.07) is 0. The minimum atomic E-state index is 0. The Kier molecular flexibility index (Phi) is 248. The molecule has 0 unspecified atom stereocenters. The molecule has 0 saturated carbocycles. The summed E-state index contributed by atoms with van der Waals surface area (Å²) < 4.78 is 0. The average molecular weight is 202 g/mol. The molecule has 0 aromatic carbocycles. The van der Waals surface area contributed by atoms with Crippen LogP contribution >= 0.6 is 17.0 Å². The molecule has 0 fully saturated rings. The van der Waals surface area contributed by atoms with Crippen LogP contribution in [0.1, 0.15) is 2.85 Å². The van der Waals surface area contributed by atoms with Crippen LogP contribution in [0, 0.1) is 0 Å². The Balaban J connectivity index is 0. The topological polar surface area (TPSA) is 35.0 Å². The zero-order valence-corrected chi connectivity index (χ0v) is 10.3. The Bertz CT molecular complexity index is 15.7. The fourth-order valence-corrected chi connectivity index (χ4v) is 0. The predicted octanol–water partition coefficient (Wildman–Crippen LogP) is -5.03. The van der Waals surface area contributed by atoms with Gasteiger partial charge in [-0.3, -0.25) is 0 Å². The van der Waals surface area contributed by atoms with Crippen LogP contribution < -0.4 is 65.3 Å². The first-order chi connectivity index (χ1) is 0. The van der Waals surface area contributed by atoms with Crippen molar-refractivity contribution in [3.05, 3.63) is 0 Å². The first-order valence-electron chi connectivity index (χ1n) is 0. The van der Waals surface area contributed by atoms with Crippen LogP contribution in [0.3, 0.4) is 0 Å². The molecule has 0 aliphatic rings. The summed E-state index contributed by atoms with van der Waals surface area (Å²) in [7, 11) is 0. The van der Waals surface area contributed by atoms with Crippen LogP contribution in [0.25, 0.3) is 0 Å². The van der Waals surface area contributed by atoms with Gasteiger partial charge in [-0.1, -0.05) is 0 Å². The Morgan fingerprint density at radius 1 is 1.00 bits per heavy atom. The minimum absolute atomic E-state index is 0. The van der Waals surface area contributed by atoms with Gasteiger partial charge in [-0.15, -0.1) is 17.0 Å². The van der Waals surface area contributed by atoms with E-state index in [1.807, 2.05) is 0 Å². The maximum atomic E-state index is 0. The normalized spacial score (nSPS) is 0. The molecule has 0 aromatic heterocycles. The largest absolute Gasteiger partial charge is 1.00 e. The third-order valence-corrected chi connectivity index (χ3v) is 0. The van der Waals surface area contributed by atoms with Crippen molar-refractivity contribution in [2.24, 2.45) is 0 Å². The van der Waals surface area contributed by atoms with Gasteiger partial charge in [0, 0.05) is 17.1 Å². The van der Waals surface area contributed by atoms with Crippen molar-refractivity contribution in [2.45, 2.75) is 0 Å². The number of halogens is 1. The zero-order valence-electron chi connectivity index (χ0n) is 5.47. The van der Waals surface area contributed by atoms with Crippen molar-refractivity contribution in [1.82, 2.24) is 6.15 Å². The van der Waals surface area contributed by atoms with Crippen molar-refractivity contribution in [1.29, 1.82) is 0 Å². The van der Waals surface area contributed by atoms with E-state index < -0.39 is 0 Å². The van der Waals surface area contributed by atoms with E-state index in [1.165, 1.54) is 0 Å². The van der Waals surface area contributed by atoms with E-state index in [2.05, 4.69) is 0 Å². The van der Waals surface area contributed by atoms with Crippen LogP contribution in [0.2, 0.25) is 0 Å². The van der Waals surface area contributed by atoms with E-state index in [4.69, 9.17) is 0 Å². The third kappa shape index (κ3) is 19.5. The molecule has 0 heterocycles. The van der Waals surface area contributed by atoms with Crippen molar-refractivity contribution in [3.8, 4) is 0 Å². The van der Waals surface area contributed by atoms with Gasteiger partial charge in [-0.2, -0.15) is 0 Å². The van der Waals surface area contributed by atoms with Crippen LogP contribution in [-0.4, -0.2) is 0 Å². The molecular formula is H6BrFeNNa2. The fourth-order valence-electron chi connectivity index (χ4n) is 0. The van der Waals surface area contributed by atoms with Crippen molar-refractivity contribution >= 4 is 17.0 Å². The summed E-state index contributed by atoms with van der Waals surface area (Å²) in [5.74, 6) is 0. The Morgan fingerprint density at radius 2 is 1.00 bits per heavy atom. The third-order valence-electron chi connectivity index (χ3n) is 0. The van der Waals surface area contributed by atoms with Gasteiger partial charge in [-0.25, -0.2) is 0 Å². The first kappa shape index (κ1) is 44.0. The molecule has 5 heteroatoms. The number of hydrogen-bond donors (Lipinski definition) is 1. The minimum Gasteiger partial charge on any atom is -1.00 e. The maximum Gasteiger partial charge on any atom is 1.00 e. The molecule has 0 atom stereocenters. The quantitative estimate of drug-likeness (QED) is 0.392. The van der Waals surface area contributed by atoms with Gasteiger partial charge in [0.15, 0.2) is 0 Å². The molecule has 0 rings (SSSR count). The summed E-state index contributed by atoms with van der Waals surface area (Å²) in [4.78, 5) is 0. The smallest absolute Gasteiger partial charge is 1.00 e. The van der Waals surface area contributed by atoms with Crippen molar-refractivity contribution in [3.63, 3.8) is 0 Å². The monoisotopic (exact) mass is 201 g/mol. The van der Waals surface area contributed by atoms with Gasteiger partial charge in [-0.05, 0) is 0 Å². The second-order valence-corrected chi connectivity index (χ2v) is 0. The van der Waals surface area contributed by atoms with Gasteiger partial charge >= 0.3 is 59.1 Å². The molecule has 0 spiro atoms. The van der Waals surface area contributed by atoms with E-state index in [-0.39, 0.29) is 102 Å². The second-order valence-electron chi connectivity index (χ2n) is 0. The SMILES string of the molecule is Br.N.[Fe].[H-].[H-].[Na+].[Na+]. The molecule has 1 nitrogen and oxygen atoms in total. The van der Waals surface area contributed by atoms with Gasteiger partial charge < -0.3 is 9.00 Å². The molecule has 0 amide bonds. The van der Waals surface area contributed by atoms with Crippen LogP contribution in [-0.2, 0) is 17.1 Å². The molecule has 0 aromatic rings. The van der Waals surface area contributed by atoms with Gasteiger partial charge in [0.1, 0.15) is 0 Å². The van der Waals surface area contributed by atoms with E-state index >= 15 is 0 Å².